The number of hydrogen-bond acceptors (Lipinski definition) is 5. The zero-order chi connectivity index (χ0) is 17.4. The highest BCUT2D eigenvalue weighted by atomic mass is 32.1. The van der Waals surface area contributed by atoms with Gasteiger partial charge in [-0.15, -0.1) is 11.3 Å². The first-order valence-corrected chi connectivity index (χ1v) is 8.45. The number of hydrogen-bond donors (Lipinski definition) is 1. The maximum Gasteiger partial charge on any atom is 0.244 e. The smallest absolute Gasteiger partial charge is 0.244 e. The van der Waals surface area contributed by atoms with Gasteiger partial charge in [-0.25, -0.2) is 4.98 Å². The Labute approximate surface area is 145 Å². The van der Waals surface area contributed by atoms with Crippen molar-refractivity contribution < 1.29 is 9.53 Å². The highest BCUT2D eigenvalue weighted by Gasteiger charge is 2.05. The molecule has 24 heavy (non-hydrogen) atoms. The molecule has 0 spiro atoms. The summed E-state index contributed by atoms with van der Waals surface area (Å²) in [6.07, 6.45) is 3.15. The monoisotopic (exact) mass is 341 g/mol. The van der Waals surface area contributed by atoms with Crippen molar-refractivity contribution in [1.82, 2.24) is 10.3 Å². The number of nitrogens with zero attached hydrogens (tertiary/aromatic N) is 2. The summed E-state index contributed by atoms with van der Waals surface area (Å²) < 4.78 is 5.80. The van der Waals surface area contributed by atoms with E-state index in [2.05, 4.69) is 16.4 Å². The summed E-state index contributed by atoms with van der Waals surface area (Å²) in [6.45, 7) is 4.44. The molecular formula is C18H19N3O2S. The van der Waals surface area contributed by atoms with E-state index in [0.717, 1.165) is 16.3 Å². The van der Waals surface area contributed by atoms with Gasteiger partial charge < -0.3 is 10.1 Å². The van der Waals surface area contributed by atoms with Crippen LogP contribution in [0.5, 0.6) is 5.75 Å². The fourth-order valence-corrected chi connectivity index (χ4v) is 2.50. The molecule has 1 unspecified atom stereocenters. The van der Waals surface area contributed by atoms with E-state index in [4.69, 9.17) is 10.00 Å². The number of ether oxygens (including phenoxy) is 1. The van der Waals surface area contributed by atoms with Gasteiger partial charge in [0, 0.05) is 23.6 Å². The van der Waals surface area contributed by atoms with Crippen LogP contribution < -0.4 is 10.1 Å². The van der Waals surface area contributed by atoms with Gasteiger partial charge in [-0.1, -0.05) is 18.2 Å². The molecule has 1 atom stereocenters. The quantitative estimate of drug-likeness (QED) is 0.784. The van der Waals surface area contributed by atoms with Crippen LogP contribution in [0.4, 0.5) is 0 Å². The first-order valence-electron chi connectivity index (χ1n) is 7.57. The number of benzene rings is 1. The number of para-hydroxylation sites is 1. The lowest BCUT2D eigenvalue weighted by Crippen LogP contribution is -2.25. The van der Waals surface area contributed by atoms with Crippen LogP contribution in [0.1, 0.15) is 23.2 Å². The average molecular weight is 341 g/mol. The van der Waals surface area contributed by atoms with Crippen LogP contribution in [-0.4, -0.2) is 17.4 Å². The Morgan fingerprint density at radius 3 is 3.00 bits per heavy atom. The second-order valence-electron chi connectivity index (χ2n) is 5.29. The third kappa shape index (κ3) is 5.52. The topological polar surface area (TPSA) is 75.0 Å². The van der Waals surface area contributed by atoms with Crippen molar-refractivity contribution in [1.29, 1.82) is 5.26 Å². The number of nitrogens with one attached hydrogen (secondary N) is 1. The predicted molar refractivity (Wildman–Crippen MR) is 94.4 cm³/mol. The van der Waals surface area contributed by atoms with E-state index in [9.17, 15) is 4.79 Å². The van der Waals surface area contributed by atoms with Crippen molar-refractivity contribution in [2.75, 3.05) is 6.54 Å². The number of rotatable bonds is 7. The van der Waals surface area contributed by atoms with Gasteiger partial charge in [0.25, 0.3) is 0 Å². The van der Waals surface area contributed by atoms with Gasteiger partial charge in [-0.3, -0.25) is 4.79 Å². The number of aromatic nitrogens is 1. The lowest BCUT2D eigenvalue weighted by Gasteiger charge is -2.08. The molecule has 5 nitrogen and oxygen atoms in total. The lowest BCUT2D eigenvalue weighted by molar-refractivity contribution is -0.116. The Kier molecular flexibility index (Phi) is 6.52. The van der Waals surface area contributed by atoms with Crippen molar-refractivity contribution in [2.24, 2.45) is 5.92 Å². The fourth-order valence-electron chi connectivity index (χ4n) is 1.90. The Balaban J connectivity index is 1.96. The third-order valence-electron chi connectivity index (χ3n) is 3.18. The second-order valence-corrected chi connectivity index (χ2v) is 6.36. The molecule has 2 rings (SSSR count). The molecule has 0 radical (unpaired) electrons. The van der Waals surface area contributed by atoms with Crippen LogP contribution >= 0.6 is 11.3 Å². The highest BCUT2D eigenvalue weighted by molar-refractivity contribution is 7.09. The molecule has 0 bridgehead atoms. The maximum atomic E-state index is 11.8. The lowest BCUT2D eigenvalue weighted by atomic mass is 10.2. The second kappa shape index (κ2) is 8.85. The van der Waals surface area contributed by atoms with Crippen LogP contribution in [0.3, 0.4) is 0 Å². The minimum Gasteiger partial charge on any atom is -0.487 e. The average Bonchev–Trinajstić information content (AvgIpc) is 3.02. The van der Waals surface area contributed by atoms with Gasteiger partial charge in [-0.05, 0) is 26.0 Å². The Morgan fingerprint density at radius 2 is 2.29 bits per heavy atom. The molecule has 0 saturated heterocycles. The molecule has 0 saturated carbocycles. The fraction of sp³-hybridized carbons (Fsp3) is 0.278. The van der Waals surface area contributed by atoms with E-state index in [1.165, 1.54) is 6.08 Å². The first-order chi connectivity index (χ1) is 11.6. The Bertz CT molecular complexity index is 762. The van der Waals surface area contributed by atoms with E-state index in [1.54, 1.807) is 24.3 Å². The Hall–Kier alpha value is -2.65. The molecular weight excluding hydrogens is 322 g/mol. The van der Waals surface area contributed by atoms with Crippen molar-refractivity contribution in [3.63, 3.8) is 0 Å². The van der Waals surface area contributed by atoms with Crippen molar-refractivity contribution >= 4 is 23.3 Å². The minimum absolute atomic E-state index is 0.209. The Morgan fingerprint density at radius 1 is 1.50 bits per heavy atom. The maximum absolute atomic E-state index is 11.8. The molecule has 1 heterocycles. The number of aryl methyl sites for hydroxylation is 1. The number of thiazole rings is 1. The molecule has 124 valence electrons. The van der Waals surface area contributed by atoms with Crippen LogP contribution in [-0.2, 0) is 11.4 Å². The molecule has 1 amide bonds. The number of carbonyl (C=O) groups is 1. The largest absolute Gasteiger partial charge is 0.487 e. The van der Waals surface area contributed by atoms with Crippen molar-refractivity contribution in [2.45, 2.75) is 20.5 Å². The van der Waals surface area contributed by atoms with Crippen molar-refractivity contribution in [3.8, 4) is 11.8 Å². The highest BCUT2D eigenvalue weighted by Crippen LogP contribution is 2.21. The van der Waals surface area contributed by atoms with E-state index in [0.29, 0.717) is 18.9 Å². The van der Waals surface area contributed by atoms with E-state index >= 15 is 0 Å². The van der Waals surface area contributed by atoms with Crippen LogP contribution in [0.15, 0.2) is 35.7 Å². The van der Waals surface area contributed by atoms with Gasteiger partial charge in [-0.2, -0.15) is 5.26 Å². The van der Waals surface area contributed by atoms with Crippen LogP contribution in [0, 0.1) is 24.2 Å². The SMILES string of the molecule is Cc1nc(COc2ccccc2/C=C/C(=O)NCC(C)C#N)cs1. The summed E-state index contributed by atoms with van der Waals surface area (Å²) in [5, 5.41) is 14.4. The summed E-state index contributed by atoms with van der Waals surface area (Å²) in [7, 11) is 0. The van der Waals surface area contributed by atoms with E-state index in [-0.39, 0.29) is 11.8 Å². The summed E-state index contributed by atoms with van der Waals surface area (Å²) in [5.74, 6) is 0.249. The molecule has 6 heteroatoms. The standard InChI is InChI=1S/C18H19N3O2S/c1-13(9-19)10-20-18(22)8-7-15-5-3-4-6-17(15)23-11-16-12-24-14(2)21-16/h3-8,12-13H,10-11H2,1-2H3,(H,20,22)/b8-7+. The molecule has 0 aliphatic rings. The number of nitriles is 1. The predicted octanol–water partition coefficient (Wildman–Crippen LogP) is 3.32. The molecule has 1 aromatic carbocycles. The van der Waals surface area contributed by atoms with Gasteiger partial charge in [0.05, 0.1) is 22.7 Å². The third-order valence-corrected chi connectivity index (χ3v) is 4.00. The molecule has 1 N–H and O–H groups in total. The molecule has 0 aliphatic heterocycles. The first kappa shape index (κ1) is 17.7. The van der Waals surface area contributed by atoms with Gasteiger partial charge in [0.2, 0.25) is 5.91 Å². The minimum atomic E-state index is -0.234. The summed E-state index contributed by atoms with van der Waals surface area (Å²) >= 11 is 1.59. The number of carbonyl (C=O) groups excluding carboxylic acids is 1. The summed E-state index contributed by atoms with van der Waals surface area (Å²) in [5.41, 5.74) is 1.70. The molecule has 2 aromatic rings. The summed E-state index contributed by atoms with van der Waals surface area (Å²) in [4.78, 5) is 16.1. The zero-order valence-electron chi connectivity index (χ0n) is 13.7. The van der Waals surface area contributed by atoms with Gasteiger partial charge >= 0.3 is 0 Å². The van der Waals surface area contributed by atoms with E-state index in [1.807, 2.05) is 36.6 Å². The molecule has 0 fully saturated rings. The van der Waals surface area contributed by atoms with E-state index < -0.39 is 0 Å². The van der Waals surface area contributed by atoms with Crippen LogP contribution in [0.2, 0.25) is 0 Å². The normalized spacial score (nSPS) is 11.9. The van der Waals surface area contributed by atoms with Crippen LogP contribution in [0.25, 0.3) is 6.08 Å². The van der Waals surface area contributed by atoms with Gasteiger partial charge in [0.15, 0.2) is 0 Å². The molecule has 1 aromatic heterocycles. The molecule has 0 aliphatic carbocycles. The summed E-state index contributed by atoms with van der Waals surface area (Å²) in [6, 6.07) is 9.57. The number of amides is 1. The van der Waals surface area contributed by atoms with Gasteiger partial charge in [0.1, 0.15) is 12.4 Å². The zero-order valence-corrected chi connectivity index (χ0v) is 14.5. The van der Waals surface area contributed by atoms with Crippen molar-refractivity contribution in [3.05, 3.63) is 52.0 Å².